The average Bonchev–Trinajstić information content (AvgIpc) is 3.21. The molecule has 1 aliphatic rings. The zero-order valence-electron chi connectivity index (χ0n) is 20.8. The molecule has 0 bridgehead atoms. The lowest BCUT2D eigenvalue weighted by Gasteiger charge is -2.31. The van der Waals surface area contributed by atoms with Crippen LogP contribution in [-0.4, -0.2) is 46.2 Å². The molecule has 1 unspecified atom stereocenters. The molecule has 4 rings (SSSR count). The molecule has 3 aromatic rings. The van der Waals surface area contributed by atoms with Gasteiger partial charge in [0.2, 0.25) is 16.0 Å². The molecule has 194 valence electrons. The van der Waals surface area contributed by atoms with Crippen molar-refractivity contribution in [2.24, 2.45) is 17.9 Å². The molecule has 4 N–H and O–H groups in total. The maximum absolute atomic E-state index is 13.7. The summed E-state index contributed by atoms with van der Waals surface area (Å²) in [6, 6.07) is 6.11. The lowest BCUT2D eigenvalue weighted by Crippen LogP contribution is -2.44. The lowest BCUT2D eigenvalue weighted by molar-refractivity contribution is 0.495. The highest BCUT2D eigenvalue weighted by Crippen LogP contribution is 2.23. The van der Waals surface area contributed by atoms with E-state index in [-0.39, 0.29) is 17.5 Å². The molecule has 1 fully saturated rings. The Labute approximate surface area is 209 Å². The van der Waals surface area contributed by atoms with Crippen LogP contribution < -0.4 is 27.0 Å². The predicted molar refractivity (Wildman–Crippen MR) is 140 cm³/mol. The molecule has 36 heavy (non-hydrogen) atoms. The van der Waals surface area contributed by atoms with Crippen LogP contribution in [0.25, 0.3) is 11.2 Å². The summed E-state index contributed by atoms with van der Waals surface area (Å²) in [7, 11) is -2.18. The minimum atomic E-state index is -3.79. The van der Waals surface area contributed by atoms with Crippen LogP contribution in [0.2, 0.25) is 0 Å². The topological polar surface area (TPSA) is 151 Å². The first kappa shape index (κ1) is 25.9. The van der Waals surface area contributed by atoms with E-state index < -0.39 is 21.3 Å². The zero-order valence-corrected chi connectivity index (χ0v) is 21.7. The van der Waals surface area contributed by atoms with Crippen molar-refractivity contribution in [3.63, 3.8) is 0 Å². The summed E-state index contributed by atoms with van der Waals surface area (Å²) in [4.78, 5) is 33.7. The molecule has 2 aromatic heterocycles. The summed E-state index contributed by atoms with van der Waals surface area (Å²) in [5.74, 6) is 0.640. The number of nitrogens with two attached hydrogens (primary N) is 2. The second kappa shape index (κ2) is 10.0. The van der Waals surface area contributed by atoms with Gasteiger partial charge in [-0.05, 0) is 50.8 Å². The molecule has 1 atom stereocenters. The molecule has 3 heterocycles. The van der Waals surface area contributed by atoms with Gasteiger partial charge in [0.05, 0.1) is 4.90 Å². The van der Waals surface area contributed by atoms with Gasteiger partial charge in [0.15, 0.2) is 11.2 Å². The minimum absolute atomic E-state index is 0.00823. The number of sulfonamides is 1. The lowest BCUT2D eigenvalue weighted by atomic mass is 10.1. The normalized spacial score (nSPS) is 16.5. The number of fused-ring (bicyclic) bond motifs is 1. The largest absolute Gasteiger partial charge is 0.341 e. The Morgan fingerprint density at radius 1 is 1.17 bits per heavy atom. The number of primary sulfonamides is 1. The van der Waals surface area contributed by atoms with Gasteiger partial charge in [-0.1, -0.05) is 23.8 Å². The van der Waals surface area contributed by atoms with Crippen molar-refractivity contribution in [2.75, 3.05) is 18.0 Å². The maximum atomic E-state index is 13.7. The molecular formula is C24H33N7O4S. The van der Waals surface area contributed by atoms with Crippen molar-refractivity contribution >= 4 is 27.1 Å². The van der Waals surface area contributed by atoms with E-state index in [1.165, 1.54) is 21.3 Å². The van der Waals surface area contributed by atoms with E-state index in [4.69, 9.17) is 15.9 Å². The summed E-state index contributed by atoms with van der Waals surface area (Å²) in [5.41, 5.74) is 7.94. The molecule has 0 amide bonds. The fourth-order valence-corrected chi connectivity index (χ4v) is 5.04. The van der Waals surface area contributed by atoms with Gasteiger partial charge in [0.25, 0.3) is 5.56 Å². The first-order valence-electron chi connectivity index (χ1n) is 11.9. The zero-order chi connectivity index (χ0) is 26.2. The number of allylic oxidation sites excluding steroid dienone is 2. The molecule has 0 radical (unpaired) electrons. The highest BCUT2D eigenvalue weighted by atomic mass is 32.2. The molecule has 0 aliphatic carbocycles. The average molecular weight is 516 g/mol. The standard InChI is InChI=1S/C24H33N7O4S/c1-16(2)10-13-30-20-21(27-23(30)29-12-4-5-18(25)15-29)28(3)24(33)31(22(20)32)14-11-17-6-8-19(9-7-17)36(26,34)35/h6-10,18H,4-5,11-15,25H2,1-3H3,(H2,26,34,35). The molecule has 0 saturated carbocycles. The van der Waals surface area contributed by atoms with Crippen molar-refractivity contribution in [2.45, 2.75) is 57.1 Å². The number of anilines is 1. The van der Waals surface area contributed by atoms with Crippen LogP contribution in [0.1, 0.15) is 32.3 Å². The van der Waals surface area contributed by atoms with Crippen molar-refractivity contribution in [3.8, 4) is 0 Å². The Kier molecular flexibility index (Phi) is 7.21. The first-order chi connectivity index (χ1) is 17.0. The third-order valence-electron chi connectivity index (χ3n) is 6.51. The summed E-state index contributed by atoms with van der Waals surface area (Å²) >= 11 is 0. The maximum Gasteiger partial charge on any atom is 0.332 e. The number of aryl methyl sites for hydroxylation is 2. The van der Waals surface area contributed by atoms with Crippen molar-refractivity contribution in [1.29, 1.82) is 0 Å². The van der Waals surface area contributed by atoms with Crippen LogP contribution in [-0.2, 0) is 36.6 Å². The van der Waals surface area contributed by atoms with E-state index in [1.54, 1.807) is 19.2 Å². The van der Waals surface area contributed by atoms with Crippen molar-refractivity contribution < 1.29 is 8.42 Å². The number of hydrogen-bond donors (Lipinski definition) is 2. The molecule has 0 spiro atoms. The van der Waals surface area contributed by atoms with Crippen molar-refractivity contribution in [3.05, 3.63) is 62.3 Å². The fourth-order valence-electron chi connectivity index (χ4n) is 4.52. The second-order valence-corrected chi connectivity index (χ2v) is 11.1. The highest BCUT2D eigenvalue weighted by molar-refractivity contribution is 7.89. The van der Waals surface area contributed by atoms with Gasteiger partial charge >= 0.3 is 5.69 Å². The van der Waals surface area contributed by atoms with Gasteiger partial charge in [-0.15, -0.1) is 0 Å². The number of rotatable bonds is 7. The van der Waals surface area contributed by atoms with Crippen LogP contribution in [0.5, 0.6) is 0 Å². The van der Waals surface area contributed by atoms with E-state index in [9.17, 15) is 18.0 Å². The highest BCUT2D eigenvalue weighted by Gasteiger charge is 2.26. The molecule has 11 nitrogen and oxygen atoms in total. The van der Waals surface area contributed by atoms with E-state index in [0.29, 0.717) is 36.6 Å². The molecule has 1 aliphatic heterocycles. The Bertz CT molecular complexity index is 1530. The van der Waals surface area contributed by atoms with Gasteiger partial charge < -0.3 is 15.2 Å². The number of hydrogen-bond acceptors (Lipinski definition) is 7. The summed E-state index contributed by atoms with van der Waals surface area (Å²) in [5, 5.41) is 5.16. The van der Waals surface area contributed by atoms with Crippen LogP contribution in [0.4, 0.5) is 5.95 Å². The van der Waals surface area contributed by atoms with Gasteiger partial charge in [-0.25, -0.2) is 18.4 Å². The Hall–Kier alpha value is -3.22. The van der Waals surface area contributed by atoms with E-state index in [2.05, 4.69) is 4.90 Å². The first-order valence-corrected chi connectivity index (χ1v) is 13.5. The number of benzene rings is 1. The van der Waals surface area contributed by atoms with Crippen LogP contribution in [0.15, 0.2) is 50.4 Å². The second-order valence-electron chi connectivity index (χ2n) is 9.56. The van der Waals surface area contributed by atoms with Gasteiger partial charge in [-0.2, -0.15) is 4.98 Å². The van der Waals surface area contributed by atoms with Crippen LogP contribution >= 0.6 is 0 Å². The van der Waals surface area contributed by atoms with Gasteiger partial charge in [0, 0.05) is 39.3 Å². The van der Waals surface area contributed by atoms with Gasteiger partial charge in [-0.3, -0.25) is 13.9 Å². The quantitative estimate of drug-likeness (QED) is 0.439. The molecular weight excluding hydrogens is 482 g/mol. The molecule has 1 saturated heterocycles. The summed E-state index contributed by atoms with van der Waals surface area (Å²) in [6.07, 6.45) is 4.26. The number of piperidine rings is 1. The Balaban J connectivity index is 1.78. The number of aromatic nitrogens is 4. The van der Waals surface area contributed by atoms with Crippen molar-refractivity contribution in [1.82, 2.24) is 18.7 Å². The van der Waals surface area contributed by atoms with Crippen LogP contribution in [0, 0.1) is 0 Å². The monoisotopic (exact) mass is 515 g/mol. The third-order valence-corrected chi connectivity index (χ3v) is 7.44. The summed E-state index contributed by atoms with van der Waals surface area (Å²) < 4.78 is 27.5. The number of nitrogens with zero attached hydrogens (tertiary/aromatic N) is 5. The molecule has 1 aromatic carbocycles. The number of imidazole rings is 1. The fraction of sp³-hybridized carbons (Fsp3) is 0.458. The van der Waals surface area contributed by atoms with Crippen LogP contribution in [0.3, 0.4) is 0 Å². The Morgan fingerprint density at radius 2 is 1.86 bits per heavy atom. The van der Waals surface area contributed by atoms with E-state index in [1.807, 2.05) is 24.5 Å². The summed E-state index contributed by atoms with van der Waals surface area (Å²) in [6.45, 7) is 5.98. The Morgan fingerprint density at radius 3 is 2.47 bits per heavy atom. The minimum Gasteiger partial charge on any atom is -0.341 e. The predicted octanol–water partition coefficient (Wildman–Crippen LogP) is 0.681. The molecule has 12 heteroatoms. The SMILES string of the molecule is CC(C)=CCn1c(N2CCCC(N)C2)nc2c1c(=O)n(CCc1ccc(S(N)(=O)=O)cc1)c(=O)n2C. The smallest absolute Gasteiger partial charge is 0.332 e. The van der Waals surface area contributed by atoms with E-state index in [0.717, 1.165) is 30.5 Å². The van der Waals surface area contributed by atoms with E-state index >= 15 is 0 Å². The third kappa shape index (κ3) is 5.15. The van der Waals surface area contributed by atoms with Gasteiger partial charge in [0.1, 0.15) is 0 Å².